The van der Waals surface area contributed by atoms with Crippen molar-refractivity contribution in [1.29, 1.82) is 0 Å². The minimum Gasteiger partial charge on any atom is -0.469 e. The molecule has 20 heavy (non-hydrogen) atoms. The molecule has 7 nitrogen and oxygen atoms in total. The zero-order valence-corrected chi connectivity index (χ0v) is 12.7. The molecule has 1 atom stereocenters. The number of carbonyl (C=O) groups excluding carboxylic acids is 4. The van der Waals surface area contributed by atoms with E-state index in [1.165, 1.54) is 21.0 Å². The molecule has 1 unspecified atom stereocenters. The Hall–Kier alpha value is -1.76. The van der Waals surface area contributed by atoms with E-state index in [1.54, 1.807) is 0 Å². The molecular formula is C13H24N2O5. The van der Waals surface area contributed by atoms with Crippen LogP contribution in [0.4, 0.5) is 0 Å². The predicted molar refractivity (Wildman–Crippen MR) is 74.1 cm³/mol. The number of hydrogen-bond acceptors (Lipinski definition) is 6. The third kappa shape index (κ3) is 12.7. The molecule has 7 heteroatoms. The minimum absolute atomic E-state index is 0.0285. The maximum Gasteiger partial charge on any atom is 0.306 e. The maximum absolute atomic E-state index is 11.4. The summed E-state index contributed by atoms with van der Waals surface area (Å²) in [6.45, 7) is 2.64. The smallest absolute Gasteiger partial charge is 0.306 e. The van der Waals surface area contributed by atoms with Crippen molar-refractivity contribution in [3.05, 3.63) is 0 Å². The minimum atomic E-state index is -0.808. The summed E-state index contributed by atoms with van der Waals surface area (Å²) in [5.74, 6) is -1.41. The lowest BCUT2D eigenvalue weighted by Crippen LogP contribution is -2.41. The van der Waals surface area contributed by atoms with E-state index < -0.39 is 17.9 Å². The Morgan fingerprint density at radius 2 is 1.55 bits per heavy atom. The van der Waals surface area contributed by atoms with Gasteiger partial charge in [-0.25, -0.2) is 0 Å². The molecule has 0 aliphatic rings. The van der Waals surface area contributed by atoms with Crippen LogP contribution in [0.25, 0.3) is 0 Å². The van der Waals surface area contributed by atoms with Crippen LogP contribution in [0.3, 0.4) is 0 Å². The molecule has 0 saturated carbocycles. The highest BCUT2D eigenvalue weighted by Gasteiger charge is 2.19. The lowest BCUT2D eigenvalue weighted by molar-refractivity contribution is -0.142. The Labute approximate surface area is 119 Å². The van der Waals surface area contributed by atoms with Crippen LogP contribution in [-0.2, 0) is 23.9 Å². The van der Waals surface area contributed by atoms with Gasteiger partial charge >= 0.3 is 5.97 Å². The number of Topliss-reactive ketones (excluding diaryl/α,β-unsaturated/α-hetero) is 2. The first-order valence-corrected chi connectivity index (χ1v) is 6.23. The third-order valence-electron chi connectivity index (χ3n) is 2.10. The van der Waals surface area contributed by atoms with Crippen molar-refractivity contribution in [2.45, 2.75) is 39.2 Å². The molecule has 0 heterocycles. The van der Waals surface area contributed by atoms with Crippen LogP contribution in [0.5, 0.6) is 0 Å². The molecular weight excluding hydrogens is 264 g/mol. The molecule has 0 aromatic rings. The topological polar surface area (TPSA) is 102 Å². The SMILES string of the molecule is CNC.COC(=O)CCC(=O)NC(CC(C)=O)C(C)=O. The maximum atomic E-state index is 11.4. The number of amides is 1. The number of hydrogen-bond donors (Lipinski definition) is 2. The lowest BCUT2D eigenvalue weighted by Gasteiger charge is -2.13. The van der Waals surface area contributed by atoms with E-state index in [0.29, 0.717) is 0 Å². The standard InChI is InChI=1S/C11H17NO5.C2H7N/c1-7(13)6-9(8(2)14)12-10(15)4-5-11(16)17-3;1-3-2/h9H,4-6H2,1-3H3,(H,12,15);3H,1-2H3. The molecule has 0 spiro atoms. The van der Waals surface area contributed by atoms with Crippen molar-refractivity contribution in [2.24, 2.45) is 0 Å². The number of rotatable bonds is 7. The number of ketones is 2. The Kier molecular flexibility index (Phi) is 12.6. The van der Waals surface area contributed by atoms with Crippen LogP contribution >= 0.6 is 0 Å². The first kappa shape index (κ1) is 20.6. The lowest BCUT2D eigenvalue weighted by atomic mass is 10.1. The molecule has 0 aromatic heterocycles. The van der Waals surface area contributed by atoms with Gasteiger partial charge in [-0.15, -0.1) is 0 Å². The zero-order valence-electron chi connectivity index (χ0n) is 12.7. The summed E-state index contributed by atoms with van der Waals surface area (Å²) in [7, 11) is 4.98. The fourth-order valence-electron chi connectivity index (χ4n) is 1.17. The highest BCUT2D eigenvalue weighted by Crippen LogP contribution is 1.98. The van der Waals surface area contributed by atoms with Crippen LogP contribution in [0.2, 0.25) is 0 Å². The monoisotopic (exact) mass is 288 g/mol. The molecule has 116 valence electrons. The second-order valence-corrected chi connectivity index (χ2v) is 4.21. The van der Waals surface area contributed by atoms with Crippen LogP contribution in [0.15, 0.2) is 0 Å². The van der Waals surface area contributed by atoms with E-state index in [1.807, 2.05) is 14.1 Å². The van der Waals surface area contributed by atoms with Gasteiger partial charge < -0.3 is 15.4 Å². The van der Waals surface area contributed by atoms with Gasteiger partial charge in [-0.3, -0.25) is 19.2 Å². The van der Waals surface area contributed by atoms with E-state index in [4.69, 9.17) is 0 Å². The third-order valence-corrected chi connectivity index (χ3v) is 2.10. The first-order chi connectivity index (χ1) is 9.28. The quantitative estimate of drug-likeness (QED) is 0.631. The Bertz CT molecular complexity index is 342. The fourth-order valence-corrected chi connectivity index (χ4v) is 1.17. The summed E-state index contributed by atoms with van der Waals surface area (Å²) in [6, 6.07) is -0.808. The normalized spacial score (nSPS) is 10.7. The summed E-state index contributed by atoms with van der Waals surface area (Å²) in [5.41, 5.74) is 0. The number of carbonyl (C=O) groups is 4. The predicted octanol–water partition coefficient (Wildman–Crippen LogP) is -0.172. The molecule has 0 aliphatic heterocycles. The Morgan fingerprint density at radius 3 is 1.90 bits per heavy atom. The molecule has 0 aromatic carbocycles. The van der Waals surface area contributed by atoms with Gasteiger partial charge in [0.05, 0.1) is 19.6 Å². The molecule has 2 N–H and O–H groups in total. The second-order valence-electron chi connectivity index (χ2n) is 4.21. The van der Waals surface area contributed by atoms with Gasteiger partial charge in [0.1, 0.15) is 5.78 Å². The second kappa shape index (κ2) is 12.3. The fraction of sp³-hybridized carbons (Fsp3) is 0.692. The van der Waals surface area contributed by atoms with Crippen molar-refractivity contribution in [3.63, 3.8) is 0 Å². The van der Waals surface area contributed by atoms with E-state index in [0.717, 1.165) is 0 Å². The first-order valence-electron chi connectivity index (χ1n) is 6.23. The highest BCUT2D eigenvalue weighted by atomic mass is 16.5. The summed E-state index contributed by atoms with van der Waals surface area (Å²) < 4.78 is 4.38. The van der Waals surface area contributed by atoms with Crippen molar-refractivity contribution < 1.29 is 23.9 Å². The van der Waals surface area contributed by atoms with Crippen LogP contribution in [-0.4, -0.2) is 50.7 Å². The van der Waals surface area contributed by atoms with E-state index in [9.17, 15) is 19.2 Å². The van der Waals surface area contributed by atoms with Gasteiger partial charge in [0.2, 0.25) is 5.91 Å². The van der Waals surface area contributed by atoms with Crippen LogP contribution < -0.4 is 10.6 Å². The Balaban J connectivity index is 0. The number of esters is 1. The highest BCUT2D eigenvalue weighted by molar-refractivity contribution is 5.92. The van der Waals surface area contributed by atoms with Gasteiger partial charge in [0, 0.05) is 12.8 Å². The average Bonchev–Trinajstić information content (AvgIpc) is 2.35. The molecule has 0 saturated heterocycles. The van der Waals surface area contributed by atoms with E-state index in [-0.39, 0.29) is 30.8 Å². The molecule has 0 radical (unpaired) electrons. The van der Waals surface area contributed by atoms with Gasteiger partial charge in [0.25, 0.3) is 0 Å². The van der Waals surface area contributed by atoms with Gasteiger partial charge in [0.15, 0.2) is 5.78 Å². The van der Waals surface area contributed by atoms with Gasteiger partial charge in [-0.2, -0.15) is 0 Å². The van der Waals surface area contributed by atoms with Gasteiger partial charge in [-0.1, -0.05) is 0 Å². The molecule has 0 fully saturated rings. The molecule has 0 rings (SSSR count). The van der Waals surface area contributed by atoms with Crippen molar-refractivity contribution in [2.75, 3.05) is 21.2 Å². The largest absolute Gasteiger partial charge is 0.469 e. The van der Waals surface area contributed by atoms with Crippen molar-refractivity contribution in [3.8, 4) is 0 Å². The van der Waals surface area contributed by atoms with E-state index in [2.05, 4.69) is 15.4 Å². The summed E-state index contributed by atoms with van der Waals surface area (Å²) >= 11 is 0. The van der Waals surface area contributed by atoms with Crippen molar-refractivity contribution >= 4 is 23.4 Å². The van der Waals surface area contributed by atoms with E-state index >= 15 is 0 Å². The molecule has 0 bridgehead atoms. The average molecular weight is 288 g/mol. The zero-order chi connectivity index (χ0) is 16.1. The van der Waals surface area contributed by atoms with Gasteiger partial charge in [-0.05, 0) is 27.9 Å². The number of nitrogens with one attached hydrogen (secondary N) is 2. The summed E-state index contributed by atoms with van der Waals surface area (Å²) in [4.78, 5) is 44.2. The molecule has 0 aliphatic carbocycles. The van der Waals surface area contributed by atoms with Crippen molar-refractivity contribution in [1.82, 2.24) is 10.6 Å². The summed E-state index contributed by atoms with van der Waals surface area (Å²) in [6.07, 6.45) is -0.138. The molecule has 1 amide bonds. The van der Waals surface area contributed by atoms with Crippen LogP contribution in [0, 0.1) is 0 Å². The number of methoxy groups -OCH3 is 1. The summed E-state index contributed by atoms with van der Waals surface area (Å²) in [5, 5.41) is 5.16. The van der Waals surface area contributed by atoms with Crippen LogP contribution in [0.1, 0.15) is 33.1 Å². The number of ether oxygens (including phenoxy) is 1. The Morgan fingerprint density at radius 1 is 1.05 bits per heavy atom.